The quantitative estimate of drug-likeness (QED) is 0.549. The Balaban J connectivity index is 1.62. The van der Waals surface area contributed by atoms with E-state index in [1.165, 1.54) is 19.8 Å². The molecule has 4 N–H and O–H groups in total. The van der Waals surface area contributed by atoms with Crippen LogP contribution in [0.1, 0.15) is 25.5 Å². The van der Waals surface area contributed by atoms with E-state index in [1.807, 2.05) is 0 Å². The van der Waals surface area contributed by atoms with E-state index in [0.717, 1.165) is 19.3 Å². The monoisotopic (exact) mass is 365 g/mol. The van der Waals surface area contributed by atoms with Gasteiger partial charge in [0.25, 0.3) is 0 Å². The van der Waals surface area contributed by atoms with Crippen molar-refractivity contribution < 1.29 is 24.8 Å². The molecule has 0 unspecified atom stereocenters. The lowest BCUT2D eigenvalue weighted by Gasteiger charge is -2.18. The second-order valence-electron chi connectivity index (χ2n) is 6.80. The average Bonchev–Trinajstić information content (AvgIpc) is 3.31. The van der Waals surface area contributed by atoms with Crippen LogP contribution in [0, 0.1) is 0 Å². The van der Waals surface area contributed by atoms with Gasteiger partial charge in [-0.2, -0.15) is 0 Å². The van der Waals surface area contributed by atoms with Gasteiger partial charge in [-0.1, -0.05) is 0 Å². The summed E-state index contributed by atoms with van der Waals surface area (Å²) in [5.41, 5.74) is 0.997. The van der Waals surface area contributed by atoms with Crippen LogP contribution in [0.3, 0.4) is 0 Å². The molecule has 2 aromatic heterocycles. The summed E-state index contributed by atoms with van der Waals surface area (Å²) in [6.45, 7) is 0.169. The van der Waals surface area contributed by atoms with E-state index in [9.17, 15) is 15.3 Å². The fraction of sp³-hybridized carbons (Fsp3) is 0.688. The number of nitrogens with zero attached hydrogens (tertiary/aromatic N) is 4. The van der Waals surface area contributed by atoms with Crippen LogP contribution in [0.25, 0.3) is 11.2 Å². The lowest BCUT2D eigenvalue weighted by molar-refractivity contribution is -0.0580. The Morgan fingerprint density at radius 3 is 2.81 bits per heavy atom. The molecule has 3 heterocycles. The molecule has 2 aliphatic rings. The first-order valence-electron chi connectivity index (χ1n) is 8.73. The molecule has 2 aromatic rings. The predicted octanol–water partition coefficient (Wildman–Crippen LogP) is -0.583. The van der Waals surface area contributed by atoms with Crippen LogP contribution in [0.4, 0.5) is 5.82 Å². The number of rotatable bonds is 5. The van der Waals surface area contributed by atoms with Crippen LogP contribution in [0.15, 0.2) is 12.7 Å². The zero-order valence-electron chi connectivity index (χ0n) is 14.4. The van der Waals surface area contributed by atoms with E-state index in [2.05, 4.69) is 20.3 Å². The summed E-state index contributed by atoms with van der Waals surface area (Å²) >= 11 is 0. The van der Waals surface area contributed by atoms with Crippen LogP contribution in [0.2, 0.25) is 0 Å². The van der Waals surface area contributed by atoms with Crippen molar-refractivity contribution in [2.75, 3.05) is 19.0 Å². The highest BCUT2D eigenvalue weighted by atomic mass is 16.6. The summed E-state index contributed by atoms with van der Waals surface area (Å²) in [6.07, 6.45) is 1.43. The molecule has 142 valence electrons. The third kappa shape index (κ3) is 2.93. The average molecular weight is 365 g/mol. The molecule has 10 nitrogen and oxygen atoms in total. The molecule has 0 spiro atoms. The molecule has 1 saturated carbocycles. The molecule has 10 heteroatoms. The minimum Gasteiger partial charge on any atom is -0.391 e. The standard InChI is InChI=1S/C16H23N5O5/c1-25-5-10-12(23)13(24)16(26-10)21-7-19-11-14(17-6-18-15(11)21)20-8-3-2-4-9(8)22/h6-10,12-13,16,22-24H,2-5H2,1H3,(H,17,18,20)/t8-,9-,10-,12-,13-,16-/m1/s1. The fourth-order valence-corrected chi connectivity index (χ4v) is 3.69. The molecule has 1 saturated heterocycles. The Kier molecular flexibility index (Phi) is 4.76. The molecule has 0 aromatic carbocycles. The Hall–Kier alpha value is -1.85. The largest absolute Gasteiger partial charge is 0.391 e. The minimum absolute atomic E-state index is 0.0699. The van der Waals surface area contributed by atoms with Gasteiger partial charge in [0.05, 0.1) is 25.1 Å². The van der Waals surface area contributed by atoms with E-state index in [4.69, 9.17) is 9.47 Å². The number of aromatic nitrogens is 4. The maximum absolute atomic E-state index is 10.3. The van der Waals surface area contributed by atoms with E-state index < -0.39 is 30.6 Å². The number of ether oxygens (including phenoxy) is 2. The summed E-state index contributed by atoms with van der Waals surface area (Å²) in [5, 5.41) is 33.7. The highest BCUT2D eigenvalue weighted by molar-refractivity contribution is 5.82. The van der Waals surface area contributed by atoms with Crippen LogP contribution in [-0.2, 0) is 9.47 Å². The van der Waals surface area contributed by atoms with Gasteiger partial charge in [-0.25, -0.2) is 15.0 Å². The molecule has 4 rings (SSSR count). The molecule has 0 radical (unpaired) electrons. The van der Waals surface area contributed by atoms with Crippen molar-refractivity contribution in [3.8, 4) is 0 Å². The molecule has 26 heavy (non-hydrogen) atoms. The predicted molar refractivity (Wildman–Crippen MR) is 90.4 cm³/mol. The Labute approximate surface area is 149 Å². The molecule has 0 bridgehead atoms. The SMILES string of the molecule is COC[C@H]1O[C@@H](n2cnc3c(N[C@@H]4CCC[C@H]4O)ncnc32)[C@H](O)[C@@H]1O. The third-order valence-electron chi connectivity index (χ3n) is 5.10. The molecular formula is C16H23N5O5. The normalized spacial score (nSPS) is 34.6. The lowest BCUT2D eigenvalue weighted by Crippen LogP contribution is -2.33. The second kappa shape index (κ2) is 7.05. The molecular weight excluding hydrogens is 342 g/mol. The first-order valence-corrected chi connectivity index (χ1v) is 8.73. The zero-order chi connectivity index (χ0) is 18.3. The van der Waals surface area contributed by atoms with Crippen molar-refractivity contribution in [2.45, 2.75) is 55.9 Å². The number of nitrogens with one attached hydrogen (secondary N) is 1. The smallest absolute Gasteiger partial charge is 0.167 e. The van der Waals surface area contributed by atoms with E-state index in [0.29, 0.717) is 17.0 Å². The highest BCUT2D eigenvalue weighted by Gasteiger charge is 2.44. The Morgan fingerprint density at radius 1 is 1.23 bits per heavy atom. The van der Waals surface area contributed by atoms with Gasteiger partial charge in [0.1, 0.15) is 24.6 Å². The summed E-state index contributed by atoms with van der Waals surface area (Å²) in [4.78, 5) is 12.8. The van der Waals surface area contributed by atoms with Crippen molar-refractivity contribution in [1.29, 1.82) is 0 Å². The zero-order valence-corrected chi connectivity index (χ0v) is 14.4. The van der Waals surface area contributed by atoms with E-state index >= 15 is 0 Å². The maximum Gasteiger partial charge on any atom is 0.167 e. The van der Waals surface area contributed by atoms with Crippen molar-refractivity contribution in [3.05, 3.63) is 12.7 Å². The van der Waals surface area contributed by atoms with Crippen LogP contribution in [0.5, 0.6) is 0 Å². The molecule has 2 fully saturated rings. The van der Waals surface area contributed by atoms with Crippen LogP contribution >= 0.6 is 0 Å². The number of hydrogen-bond acceptors (Lipinski definition) is 9. The van der Waals surface area contributed by atoms with Crippen molar-refractivity contribution in [2.24, 2.45) is 0 Å². The van der Waals surface area contributed by atoms with Crippen molar-refractivity contribution in [3.63, 3.8) is 0 Å². The maximum atomic E-state index is 10.3. The number of methoxy groups -OCH3 is 1. The second-order valence-corrected chi connectivity index (χ2v) is 6.80. The third-order valence-corrected chi connectivity index (χ3v) is 5.10. The molecule has 1 aliphatic heterocycles. The number of aliphatic hydroxyl groups is 3. The lowest BCUT2D eigenvalue weighted by atomic mass is 10.1. The van der Waals surface area contributed by atoms with E-state index in [-0.39, 0.29) is 12.6 Å². The summed E-state index contributed by atoms with van der Waals surface area (Å²) < 4.78 is 12.3. The van der Waals surface area contributed by atoms with Gasteiger partial charge in [0.15, 0.2) is 23.2 Å². The Morgan fingerprint density at radius 2 is 2.08 bits per heavy atom. The Bertz CT molecular complexity index is 771. The molecule has 6 atom stereocenters. The van der Waals surface area contributed by atoms with Crippen molar-refractivity contribution >= 4 is 17.0 Å². The van der Waals surface area contributed by atoms with Gasteiger partial charge in [-0.15, -0.1) is 0 Å². The van der Waals surface area contributed by atoms with Gasteiger partial charge >= 0.3 is 0 Å². The summed E-state index contributed by atoms with van der Waals surface area (Å²) in [7, 11) is 1.50. The van der Waals surface area contributed by atoms with E-state index in [1.54, 1.807) is 4.57 Å². The number of anilines is 1. The van der Waals surface area contributed by atoms with Gasteiger partial charge in [0.2, 0.25) is 0 Å². The van der Waals surface area contributed by atoms with Crippen molar-refractivity contribution in [1.82, 2.24) is 19.5 Å². The number of fused-ring (bicyclic) bond motifs is 1. The van der Waals surface area contributed by atoms with Crippen LogP contribution in [-0.4, -0.2) is 79.0 Å². The first-order chi connectivity index (χ1) is 12.6. The fourth-order valence-electron chi connectivity index (χ4n) is 3.69. The number of imidazole rings is 1. The first kappa shape index (κ1) is 17.6. The van der Waals surface area contributed by atoms with Gasteiger partial charge in [-0.05, 0) is 19.3 Å². The highest BCUT2D eigenvalue weighted by Crippen LogP contribution is 2.33. The number of aliphatic hydroxyl groups excluding tert-OH is 3. The van der Waals surface area contributed by atoms with Crippen LogP contribution < -0.4 is 5.32 Å². The summed E-state index contributed by atoms with van der Waals surface area (Å²) in [5.74, 6) is 0.529. The van der Waals surface area contributed by atoms with Gasteiger partial charge in [0, 0.05) is 7.11 Å². The molecule has 0 amide bonds. The topological polar surface area (TPSA) is 135 Å². The molecule has 1 aliphatic carbocycles. The van der Waals surface area contributed by atoms with Gasteiger partial charge in [-0.3, -0.25) is 4.57 Å². The summed E-state index contributed by atoms with van der Waals surface area (Å²) in [6, 6.07) is -0.0699. The number of hydrogen-bond donors (Lipinski definition) is 4. The minimum atomic E-state index is -1.13. The van der Waals surface area contributed by atoms with Gasteiger partial charge < -0.3 is 30.1 Å².